The second kappa shape index (κ2) is 8.70. The van der Waals surface area contributed by atoms with Crippen LogP contribution in [0.15, 0.2) is 36.4 Å². The van der Waals surface area contributed by atoms with E-state index in [-0.39, 0.29) is 0 Å². The van der Waals surface area contributed by atoms with Crippen LogP contribution in [0.25, 0.3) is 0 Å². The maximum absolute atomic E-state index is 12.8. The fourth-order valence-corrected chi connectivity index (χ4v) is 4.01. The molecule has 7 nitrogen and oxygen atoms in total. The van der Waals surface area contributed by atoms with Crippen molar-refractivity contribution >= 4 is 38.9 Å². The van der Waals surface area contributed by atoms with Crippen molar-refractivity contribution in [3.63, 3.8) is 0 Å². The Morgan fingerprint density at radius 1 is 1.14 bits per heavy atom. The van der Waals surface area contributed by atoms with E-state index in [9.17, 15) is 13.2 Å². The van der Waals surface area contributed by atoms with Gasteiger partial charge in [-0.3, -0.25) is 9.10 Å². The van der Waals surface area contributed by atoms with Crippen molar-refractivity contribution in [3.8, 4) is 11.5 Å². The molecule has 2 aromatic rings. The minimum absolute atomic E-state index is 0.308. The zero-order chi connectivity index (χ0) is 21.1. The summed E-state index contributed by atoms with van der Waals surface area (Å²) < 4.78 is 36.2. The monoisotopic (exact) mass is 426 g/mol. The molecule has 0 saturated carbocycles. The van der Waals surface area contributed by atoms with Crippen LogP contribution in [0, 0.1) is 6.92 Å². The SMILES string of the molecule is COc1ccc(NC(=O)[C@H](C)N(c2ccc(C)c(Cl)c2)S(C)(=O)=O)c(OC)c1. The summed E-state index contributed by atoms with van der Waals surface area (Å²) in [6, 6.07) is 8.71. The molecule has 0 aliphatic carbocycles. The number of sulfonamides is 1. The molecule has 1 amide bonds. The Labute approximate surface area is 170 Å². The van der Waals surface area contributed by atoms with E-state index in [2.05, 4.69) is 5.32 Å². The smallest absolute Gasteiger partial charge is 0.248 e. The van der Waals surface area contributed by atoms with Crippen LogP contribution in [-0.4, -0.2) is 40.8 Å². The number of carbonyl (C=O) groups is 1. The third-order valence-corrected chi connectivity index (χ3v) is 5.81. The van der Waals surface area contributed by atoms with E-state index in [0.29, 0.717) is 27.9 Å². The fourth-order valence-electron chi connectivity index (χ4n) is 2.67. The molecule has 2 aromatic carbocycles. The third-order valence-electron chi connectivity index (χ3n) is 4.16. The van der Waals surface area contributed by atoms with E-state index in [1.54, 1.807) is 30.3 Å². The lowest BCUT2D eigenvalue weighted by Gasteiger charge is -2.28. The van der Waals surface area contributed by atoms with Gasteiger partial charge in [-0.25, -0.2) is 8.42 Å². The van der Waals surface area contributed by atoms with Crippen molar-refractivity contribution in [1.82, 2.24) is 0 Å². The Bertz CT molecular complexity index is 978. The van der Waals surface area contributed by atoms with Crippen LogP contribution in [0.5, 0.6) is 11.5 Å². The van der Waals surface area contributed by atoms with Crippen molar-refractivity contribution in [2.45, 2.75) is 19.9 Å². The van der Waals surface area contributed by atoms with Gasteiger partial charge in [-0.2, -0.15) is 0 Å². The van der Waals surface area contributed by atoms with Gasteiger partial charge in [-0.15, -0.1) is 0 Å². The molecule has 0 heterocycles. The first-order chi connectivity index (χ1) is 13.1. The summed E-state index contributed by atoms with van der Waals surface area (Å²) in [4.78, 5) is 12.8. The van der Waals surface area contributed by atoms with E-state index in [1.807, 2.05) is 6.92 Å². The number of benzene rings is 2. The van der Waals surface area contributed by atoms with Crippen LogP contribution in [0.2, 0.25) is 5.02 Å². The van der Waals surface area contributed by atoms with Crippen LogP contribution in [0.4, 0.5) is 11.4 Å². The van der Waals surface area contributed by atoms with Gasteiger partial charge in [-0.05, 0) is 43.7 Å². The topological polar surface area (TPSA) is 84.9 Å². The Morgan fingerprint density at radius 2 is 1.82 bits per heavy atom. The van der Waals surface area contributed by atoms with E-state index in [4.69, 9.17) is 21.1 Å². The Balaban J connectivity index is 2.36. The van der Waals surface area contributed by atoms with Gasteiger partial charge < -0.3 is 14.8 Å². The van der Waals surface area contributed by atoms with Crippen molar-refractivity contribution in [3.05, 3.63) is 47.0 Å². The number of hydrogen-bond acceptors (Lipinski definition) is 5. The Hall–Kier alpha value is -2.45. The minimum Gasteiger partial charge on any atom is -0.497 e. The maximum Gasteiger partial charge on any atom is 0.248 e. The van der Waals surface area contributed by atoms with Crippen molar-refractivity contribution in [2.75, 3.05) is 30.1 Å². The first-order valence-corrected chi connectivity index (χ1v) is 10.6. The number of carbonyl (C=O) groups excluding carboxylic acids is 1. The molecule has 152 valence electrons. The zero-order valence-electron chi connectivity index (χ0n) is 16.3. The summed E-state index contributed by atoms with van der Waals surface area (Å²) >= 11 is 6.14. The molecule has 0 radical (unpaired) electrons. The first kappa shape index (κ1) is 21.8. The van der Waals surface area contributed by atoms with Crippen molar-refractivity contribution in [1.29, 1.82) is 0 Å². The summed E-state index contributed by atoms with van der Waals surface area (Å²) in [7, 11) is -0.765. The van der Waals surface area contributed by atoms with Gasteiger partial charge in [0.2, 0.25) is 15.9 Å². The standard InChI is InChI=1S/C19H23ClN2O5S/c1-12-6-7-14(10-16(12)20)22(28(5,24)25)13(2)19(23)21-17-9-8-15(26-3)11-18(17)27-4/h6-11,13H,1-5H3,(H,21,23)/t13-/m0/s1. The highest BCUT2D eigenvalue weighted by atomic mass is 35.5. The third kappa shape index (κ3) is 4.88. The Morgan fingerprint density at radius 3 is 2.36 bits per heavy atom. The number of amides is 1. The zero-order valence-corrected chi connectivity index (χ0v) is 17.9. The average Bonchev–Trinajstić information content (AvgIpc) is 2.63. The van der Waals surface area contributed by atoms with E-state index < -0.39 is 22.0 Å². The highest BCUT2D eigenvalue weighted by Gasteiger charge is 2.30. The molecule has 2 rings (SSSR count). The molecule has 0 unspecified atom stereocenters. The van der Waals surface area contributed by atoms with Gasteiger partial charge in [0.25, 0.3) is 0 Å². The number of halogens is 1. The van der Waals surface area contributed by atoms with E-state index >= 15 is 0 Å². The van der Waals surface area contributed by atoms with Crippen molar-refractivity contribution < 1.29 is 22.7 Å². The number of aryl methyl sites for hydroxylation is 1. The quantitative estimate of drug-likeness (QED) is 0.732. The molecule has 9 heteroatoms. The second-order valence-electron chi connectivity index (χ2n) is 6.22. The van der Waals surface area contributed by atoms with Gasteiger partial charge in [-0.1, -0.05) is 17.7 Å². The molecule has 0 aromatic heterocycles. The second-order valence-corrected chi connectivity index (χ2v) is 8.49. The van der Waals surface area contributed by atoms with Gasteiger partial charge in [0, 0.05) is 11.1 Å². The molecular weight excluding hydrogens is 404 g/mol. The molecule has 0 aliphatic heterocycles. The van der Waals surface area contributed by atoms with Crippen LogP contribution in [-0.2, 0) is 14.8 Å². The normalized spacial score (nSPS) is 12.2. The number of ether oxygens (including phenoxy) is 2. The summed E-state index contributed by atoms with van der Waals surface area (Å²) in [5.41, 5.74) is 1.51. The molecule has 0 spiro atoms. The molecular formula is C19H23ClN2O5S. The number of nitrogens with zero attached hydrogens (tertiary/aromatic N) is 1. The van der Waals surface area contributed by atoms with Crippen LogP contribution in [0.1, 0.15) is 12.5 Å². The number of anilines is 2. The van der Waals surface area contributed by atoms with Crippen LogP contribution >= 0.6 is 11.6 Å². The molecule has 1 N–H and O–H groups in total. The first-order valence-electron chi connectivity index (χ1n) is 8.37. The van der Waals surface area contributed by atoms with E-state index in [1.165, 1.54) is 27.2 Å². The molecule has 0 bridgehead atoms. The van der Waals surface area contributed by atoms with Crippen LogP contribution in [0.3, 0.4) is 0 Å². The summed E-state index contributed by atoms with van der Waals surface area (Å²) in [6.45, 7) is 3.31. The molecule has 0 aliphatic rings. The number of rotatable bonds is 7. The fraction of sp³-hybridized carbons (Fsp3) is 0.316. The minimum atomic E-state index is -3.75. The maximum atomic E-state index is 12.8. The van der Waals surface area contributed by atoms with Crippen molar-refractivity contribution in [2.24, 2.45) is 0 Å². The summed E-state index contributed by atoms with van der Waals surface area (Å²) in [5, 5.41) is 3.11. The van der Waals surface area contributed by atoms with Gasteiger partial charge in [0.15, 0.2) is 0 Å². The molecule has 1 atom stereocenters. The highest BCUT2D eigenvalue weighted by molar-refractivity contribution is 7.92. The summed E-state index contributed by atoms with van der Waals surface area (Å²) in [6.07, 6.45) is 1.04. The largest absolute Gasteiger partial charge is 0.497 e. The predicted octanol–water partition coefficient (Wildman–Crippen LogP) is 3.46. The lowest BCUT2D eigenvalue weighted by atomic mass is 10.2. The lowest BCUT2D eigenvalue weighted by molar-refractivity contribution is -0.116. The van der Waals surface area contributed by atoms with Gasteiger partial charge in [0.05, 0.1) is 31.9 Å². The van der Waals surface area contributed by atoms with Gasteiger partial charge >= 0.3 is 0 Å². The Kier molecular flexibility index (Phi) is 6.79. The number of hydrogen-bond donors (Lipinski definition) is 1. The number of methoxy groups -OCH3 is 2. The average molecular weight is 427 g/mol. The van der Waals surface area contributed by atoms with E-state index in [0.717, 1.165) is 16.1 Å². The number of nitrogens with one attached hydrogen (secondary N) is 1. The predicted molar refractivity (Wildman–Crippen MR) is 111 cm³/mol. The molecule has 0 saturated heterocycles. The molecule has 28 heavy (non-hydrogen) atoms. The van der Waals surface area contributed by atoms with Crippen LogP contribution < -0.4 is 19.1 Å². The lowest BCUT2D eigenvalue weighted by Crippen LogP contribution is -2.45. The van der Waals surface area contributed by atoms with Gasteiger partial charge in [0.1, 0.15) is 17.5 Å². The highest BCUT2D eigenvalue weighted by Crippen LogP contribution is 2.30. The summed E-state index contributed by atoms with van der Waals surface area (Å²) in [5.74, 6) is 0.435. The molecule has 0 fully saturated rings.